The topological polar surface area (TPSA) is 103 Å². The number of nitrogens with zero attached hydrogens (tertiary/aromatic N) is 1. The summed E-state index contributed by atoms with van der Waals surface area (Å²) < 4.78 is 9.99. The normalized spacial score (nSPS) is 11.0. The molecule has 2 aromatic carbocycles. The summed E-state index contributed by atoms with van der Waals surface area (Å²) in [6.45, 7) is 4.01. The molecule has 0 fully saturated rings. The molecule has 0 aromatic heterocycles. The molecule has 0 aliphatic carbocycles. The molecule has 7 nitrogen and oxygen atoms in total. The monoisotopic (exact) mass is 387 g/mol. The van der Waals surface area contributed by atoms with Crippen LogP contribution in [0.15, 0.2) is 58.5 Å². The van der Waals surface area contributed by atoms with Crippen LogP contribution in [0.25, 0.3) is 0 Å². The van der Waals surface area contributed by atoms with Gasteiger partial charge < -0.3 is 15.2 Å². The number of hydrazone groups is 1. The van der Waals surface area contributed by atoms with Gasteiger partial charge in [0.15, 0.2) is 0 Å². The van der Waals surface area contributed by atoms with Gasteiger partial charge >= 0.3 is 11.9 Å². The molecule has 8 heteroatoms. The van der Waals surface area contributed by atoms with E-state index in [1.54, 1.807) is 50.2 Å². The Bertz CT molecular complexity index is 822. The maximum absolute atomic E-state index is 12.2. The van der Waals surface area contributed by atoms with Crippen LogP contribution >= 0.6 is 11.8 Å². The minimum absolute atomic E-state index is 0.115. The molecular weight excluding hydrogens is 366 g/mol. The minimum Gasteiger partial charge on any atom is -0.462 e. The fourth-order valence-electron chi connectivity index (χ4n) is 1.99. The van der Waals surface area contributed by atoms with Gasteiger partial charge in [0, 0.05) is 10.6 Å². The van der Waals surface area contributed by atoms with Crippen LogP contribution in [-0.2, 0) is 14.3 Å². The molecule has 0 aliphatic heterocycles. The Kier molecular flexibility index (Phi) is 7.69. The molecule has 0 heterocycles. The Morgan fingerprint density at radius 2 is 1.70 bits per heavy atom. The van der Waals surface area contributed by atoms with Crippen LogP contribution in [-0.4, -0.2) is 30.2 Å². The summed E-state index contributed by atoms with van der Waals surface area (Å²) >= 11 is 1.11. The van der Waals surface area contributed by atoms with Crippen molar-refractivity contribution >= 4 is 40.1 Å². The van der Waals surface area contributed by atoms with Gasteiger partial charge in [-0.3, -0.25) is 5.43 Å². The molecule has 0 spiro atoms. The predicted octanol–water partition coefficient (Wildman–Crippen LogP) is 3.53. The van der Waals surface area contributed by atoms with Gasteiger partial charge in [0.2, 0.25) is 5.04 Å². The summed E-state index contributed by atoms with van der Waals surface area (Å²) in [5, 5.41) is 4.26. The van der Waals surface area contributed by atoms with Crippen LogP contribution in [0.5, 0.6) is 0 Å². The van der Waals surface area contributed by atoms with E-state index in [9.17, 15) is 9.59 Å². The number of benzene rings is 2. The van der Waals surface area contributed by atoms with Crippen molar-refractivity contribution in [3.63, 3.8) is 0 Å². The SMILES string of the molecule is CCOC(=O)/C(=N/Nc1ccc(C(=O)OCC)cc1)Sc1ccccc1N. The van der Waals surface area contributed by atoms with Crippen molar-refractivity contribution in [1.29, 1.82) is 0 Å². The van der Waals surface area contributed by atoms with E-state index in [0.717, 1.165) is 11.8 Å². The highest BCUT2D eigenvalue weighted by Crippen LogP contribution is 2.26. The first-order valence-electron chi connectivity index (χ1n) is 8.35. The number of nitrogens with two attached hydrogens (primary N) is 1. The molecule has 0 bridgehead atoms. The van der Waals surface area contributed by atoms with Gasteiger partial charge in [-0.25, -0.2) is 9.59 Å². The van der Waals surface area contributed by atoms with Crippen molar-refractivity contribution in [2.75, 3.05) is 24.4 Å². The zero-order valence-corrected chi connectivity index (χ0v) is 15.9. The van der Waals surface area contributed by atoms with E-state index in [1.807, 2.05) is 12.1 Å². The lowest BCUT2D eigenvalue weighted by Crippen LogP contribution is -2.16. The van der Waals surface area contributed by atoms with Gasteiger partial charge in [-0.1, -0.05) is 23.9 Å². The number of nitrogen functional groups attached to an aromatic ring is 1. The second kappa shape index (κ2) is 10.2. The maximum atomic E-state index is 12.2. The fraction of sp³-hybridized carbons (Fsp3) is 0.211. The summed E-state index contributed by atoms with van der Waals surface area (Å²) in [5.41, 5.74) is 10.3. The van der Waals surface area contributed by atoms with E-state index < -0.39 is 11.9 Å². The van der Waals surface area contributed by atoms with E-state index in [1.165, 1.54) is 0 Å². The molecule has 0 unspecified atom stereocenters. The van der Waals surface area contributed by atoms with Crippen LogP contribution in [0.1, 0.15) is 24.2 Å². The molecule has 0 radical (unpaired) electrons. The zero-order chi connectivity index (χ0) is 19.6. The smallest absolute Gasteiger partial charge is 0.365 e. The lowest BCUT2D eigenvalue weighted by molar-refractivity contribution is -0.134. The number of nitrogens with one attached hydrogen (secondary N) is 1. The fourth-order valence-corrected chi connectivity index (χ4v) is 2.77. The van der Waals surface area contributed by atoms with Crippen LogP contribution in [0.4, 0.5) is 11.4 Å². The largest absolute Gasteiger partial charge is 0.462 e. The maximum Gasteiger partial charge on any atom is 0.365 e. The summed E-state index contributed by atoms with van der Waals surface area (Å²) in [5.74, 6) is -0.948. The van der Waals surface area contributed by atoms with Crippen LogP contribution < -0.4 is 11.2 Å². The van der Waals surface area contributed by atoms with Gasteiger partial charge in [0.05, 0.1) is 24.5 Å². The van der Waals surface area contributed by atoms with Gasteiger partial charge in [-0.05, 0) is 50.2 Å². The highest BCUT2D eigenvalue weighted by Gasteiger charge is 2.16. The van der Waals surface area contributed by atoms with Crippen molar-refractivity contribution in [3.8, 4) is 0 Å². The number of para-hydroxylation sites is 1. The van der Waals surface area contributed by atoms with Crippen molar-refractivity contribution in [3.05, 3.63) is 54.1 Å². The number of carbonyl (C=O) groups is 2. The predicted molar refractivity (Wildman–Crippen MR) is 107 cm³/mol. The summed E-state index contributed by atoms with van der Waals surface area (Å²) in [6, 6.07) is 13.7. The van der Waals surface area contributed by atoms with Gasteiger partial charge in [0.1, 0.15) is 0 Å². The van der Waals surface area contributed by atoms with Crippen molar-refractivity contribution in [2.24, 2.45) is 5.10 Å². The van der Waals surface area contributed by atoms with Gasteiger partial charge in [-0.2, -0.15) is 5.10 Å². The first kappa shape index (κ1) is 20.3. The van der Waals surface area contributed by atoms with E-state index in [-0.39, 0.29) is 11.7 Å². The molecule has 0 saturated carbocycles. The first-order valence-corrected chi connectivity index (χ1v) is 9.17. The van der Waals surface area contributed by atoms with Gasteiger partial charge in [0.25, 0.3) is 0 Å². The van der Waals surface area contributed by atoms with Crippen LogP contribution in [0.3, 0.4) is 0 Å². The van der Waals surface area contributed by atoms with Crippen molar-refractivity contribution in [2.45, 2.75) is 18.7 Å². The number of hydrogen-bond acceptors (Lipinski definition) is 8. The lowest BCUT2D eigenvalue weighted by atomic mass is 10.2. The Labute approximate surface area is 161 Å². The number of rotatable bonds is 6. The highest BCUT2D eigenvalue weighted by atomic mass is 32.2. The number of ether oxygens (including phenoxy) is 2. The standard InChI is InChI=1S/C19H21N3O4S/c1-3-25-18(23)13-9-11-14(12-10-13)21-22-17(19(24)26-4-2)27-16-8-6-5-7-15(16)20/h5-12,21H,3-4,20H2,1-2H3/b22-17-. The Morgan fingerprint density at radius 1 is 1.04 bits per heavy atom. The van der Waals surface area contributed by atoms with Crippen LogP contribution in [0.2, 0.25) is 0 Å². The zero-order valence-electron chi connectivity index (χ0n) is 15.1. The van der Waals surface area contributed by atoms with Crippen molar-refractivity contribution < 1.29 is 19.1 Å². The summed E-state index contributed by atoms with van der Waals surface area (Å²) in [6.07, 6.45) is 0. The third-order valence-electron chi connectivity index (χ3n) is 3.26. The number of esters is 2. The number of carbonyl (C=O) groups excluding carboxylic acids is 2. The summed E-state index contributed by atoms with van der Waals surface area (Å²) in [7, 11) is 0. The number of anilines is 2. The molecule has 142 valence electrons. The third kappa shape index (κ3) is 6.03. The van der Waals surface area contributed by atoms with Crippen molar-refractivity contribution in [1.82, 2.24) is 0 Å². The number of hydrogen-bond donors (Lipinski definition) is 2. The third-order valence-corrected chi connectivity index (χ3v) is 4.30. The lowest BCUT2D eigenvalue weighted by Gasteiger charge is -2.09. The molecule has 2 rings (SSSR count). The second-order valence-corrected chi connectivity index (χ2v) is 6.22. The number of thioether (sulfide) groups is 1. The summed E-state index contributed by atoms with van der Waals surface area (Å²) in [4.78, 5) is 24.5. The highest BCUT2D eigenvalue weighted by molar-refractivity contribution is 8.15. The molecule has 2 aromatic rings. The Balaban J connectivity index is 2.15. The average Bonchev–Trinajstić information content (AvgIpc) is 2.67. The quantitative estimate of drug-likeness (QED) is 0.195. The molecule has 0 amide bonds. The molecule has 3 N–H and O–H groups in total. The second-order valence-electron chi connectivity index (χ2n) is 5.19. The first-order chi connectivity index (χ1) is 13.0. The van der Waals surface area contributed by atoms with E-state index in [4.69, 9.17) is 15.2 Å². The molecule has 0 atom stereocenters. The Morgan fingerprint density at radius 3 is 2.33 bits per heavy atom. The minimum atomic E-state index is -0.554. The van der Waals surface area contributed by atoms with E-state index in [2.05, 4.69) is 10.5 Å². The Hall–Kier alpha value is -3.00. The molecule has 0 aliphatic rings. The van der Waals surface area contributed by atoms with Crippen LogP contribution in [0, 0.1) is 0 Å². The molecule has 27 heavy (non-hydrogen) atoms. The molecule has 0 saturated heterocycles. The van der Waals surface area contributed by atoms with E-state index >= 15 is 0 Å². The van der Waals surface area contributed by atoms with Gasteiger partial charge in [-0.15, -0.1) is 0 Å². The average molecular weight is 387 g/mol. The molecular formula is C19H21N3O4S. The van der Waals surface area contributed by atoms with E-state index in [0.29, 0.717) is 28.4 Å².